The van der Waals surface area contributed by atoms with Gasteiger partial charge in [-0.05, 0) is 18.3 Å². The van der Waals surface area contributed by atoms with Crippen molar-refractivity contribution in [2.75, 3.05) is 0 Å². The van der Waals surface area contributed by atoms with Crippen LogP contribution in [0.3, 0.4) is 0 Å². The molecule has 11 heavy (non-hydrogen) atoms. The molecule has 1 saturated heterocycles. The molecule has 0 nitrogen and oxygen atoms in total. The highest BCUT2D eigenvalue weighted by atomic mass is 14.3. The van der Waals surface area contributed by atoms with Crippen LogP contribution in [0.4, 0.5) is 0 Å². The van der Waals surface area contributed by atoms with Gasteiger partial charge >= 0.3 is 0 Å². The first-order chi connectivity index (χ1) is 5.38. The molecule has 0 amide bonds. The fourth-order valence-corrected chi connectivity index (χ4v) is 3.20. The van der Waals surface area contributed by atoms with Gasteiger partial charge in [-0.2, -0.15) is 0 Å². The lowest BCUT2D eigenvalue weighted by molar-refractivity contribution is 0.281. The van der Waals surface area contributed by atoms with E-state index in [1.165, 1.54) is 12.7 Å². The Morgan fingerprint density at radius 3 is 2.36 bits per heavy atom. The van der Waals surface area contributed by atoms with Crippen LogP contribution in [0, 0.1) is 11.8 Å². The molecule has 1 aliphatic carbocycles. The summed E-state index contributed by atoms with van der Waals surface area (Å²) in [7, 11) is 0. The van der Waals surface area contributed by atoms with Crippen LogP contribution in [-0.4, -0.2) is 6.71 Å². The van der Waals surface area contributed by atoms with Crippen molar-refractivity contribution in [1.82, 2.24) is 0 Å². The Labute approximate surface area is 70.8 Å². The Kier molecular flexibility index (Phi) is 2.24. The van der Waals surface area contributed by atoms with E-state index in [9.17, 15) is 0 Å². The van der Waals surface area contributed by atoms with E-state index >= 15 is 0 Å². The first-order valence-electron chi connectivity index (χ1n) is 5.38. The molecular weight excluding hydrogens is 131 g/mol. The van der Waals surface area contributed by atoms with Crippen molar-refractivity contribution < 1.29 is 0 Å². The highest BCUT2D eigenvalue weighted by Gasteiger charge is 2.32. The minimum atomic E-state index is 1.10. The molecule has 0 radical (unpaired) electrons. The minimum absolute atomic E-state index is 1.10. The molecule has 2 bridgehead atoms. The third-order valence-corrected chi connectivity index (χ3v) is 3.80. The molecule has 62 valence electrons. The van der Waals surface area contributed by atoms with E-state index < -0.39 is 0 Å². The fraction of sp³-hybridized carbons (Fsp3) is 1.00. The monoisotopic (exact) mass is 150 g/mol. The summed E-state index contributed by atoms with van der Waals surface area (Å²) in [6.45, 7) is 3.46. The fourth-order valence-electron chi connectivity index (χ4n) is 3.20. The summed E-state index contributed by atoms with van der Waals surface area (Å²) < 4.78 is 0. The van der Waals surface area contributed by atoms with Crippen LogP contribution in [0.2, 0.25) is 19.0 Å². The van der Waals surface area contributed by atoms with Crippen LogP contribution < -0.4 is 0 Å². The third-order valence-electron chi connectivity index (χ3n) is 3.80. The van der Waals surface area contributed by atoms with Crippen molar-refractivity contribution in [3.05, 3.63) is 0 Å². The lowest BCUT2D eigenvalue weighted by Crippen LogP contribution is -2.30. The summed E-state index contributed by atoms with van der Waals surface area (Å²) in [6.07, 6.45) is 10.8. The topological polar surface area (TPSA) is 0 Å². The maximum absolute atomic E-state index is 2.37. The van der Waals surface area contributed by atoms with Crippen molar-refractivity contribution in [1.29, 1.82) is 0 Å². The number of fused-ring (bicyclic) bond motifs is 2. The van der Waals surface area contributed by atoms with Crippen molar-refractivity contribution in [3.8, 4) is 0 Å². The molecule has 0 spiro atoms. The molecule has 1 saturated carbocycles. The van der Waals surface area contributed by atoms with Crippen LogP contribution in [0.25, 0.3) is 0 Å². The smallest absolute Gasteiger partial charge is 0.0770 e. The largest absolute Gasteiger partial charge is 0.140 e. The number of rotatable bonds is 1. The van der Waals surface area contributed by atoms with Crippen molar-refractivity contribution in [2.24, 2.45) is 11.8 Å². The molecular formula is C10H19B. The normalized spacial score (nSPS) is 37.4. The van der Waals surface area contributed by atoms with Crippen LogP contribution in [-0.2, 0) is 0 Å². The van der Waals surface area contributed by atoms with Gasteiger partial charge in [-0.15, -0.1) is 0 Å². The van der Waals surface area contributed by atoms with Crippen molar-refractivity contribution in [3.63, 3.8) is 0 Å². The first kappa shape index (κ1) is 7.70. The van der Waals surface area contributed by atoms with E-state index in [2.05, 4.69) is 6.92 Å². The van der Waals surface area contributed by atoms with Crippen molar-refractivity contribution >= 4 is 6.71 Å². The molecule has 2 fully saturated rings. The van der Waals surface area contributed by atoms with Gasteiger partial charge in [0.25, 0.3) is 0 Å². The van der Waals surface area contributed by atoms with Gasteiger partial charge in [0.15, 0.2) is 0 Å². The highest BCUT2D eigenvalue weighted by molar-refractivity contribution is 6.59. The van der Waals surface area contributed by atoms with Gasteiger partial charge in [-0.3, -0.25) is 0 Å². The van der Waals surface area contributed by atoms with E-state index in [1.807, 2.05) is 0 Å². The molecule has 2 rings (SSSR count). The Morgan fingerprint density at radius 1 is 1.18 bits per heavy atom. The van der Waals surface area contributed by atoms with Gasteiger partial charge in [-0.25, -0.2) is 0 Å². The highest BCUT2D eigenvalue weighted by Crippen LogP contribution is 2.41. The van der Waals surface area contributed by atoms with Crippen LogP contribution >= 0.6 is 0 Å². The molecule has 0 aromatic rings. The Bertz CT molecular complexity index is 121. The summed E-state index contributed by atoms with van der Waals surface area (Å²) in [6, 6.07) is 0. The summed E-state index contributed by atoms with van der Waals surface area (Å²) in [5.74, 6) is 2.26. The van der Waals surface area contributed by atoms with E-state index in [0.29, 0.717) is 0 Å². The Balaban J connectivity index is 1.94. The second-order valence-electron chi connectivity index (χ2n) is 4.64. The predicted molar refractivity (Wildman–Crippen MR) is 51.3 cm³/mol. The molecule has 0 N–H and O–H groups in total. The molecule has 2 aliphatic rings. The molecule has 1 heteroatoms. The lowest BCUT2D eigenvalue weighted by Gasteiger charge is -2.37. The molecule has 1 heterocycles. The lowest BCUT2D eigenvalue weighted by atomic mass is 9.35. The zero-order chi connectivity index (χ0) is 7.68. The van der Waals surface area contributed by atoms with E-state index in [0.717, 1.165) is 18.5 Å². The van der Waals surface area contributed by atoms with Gasteiger partial charge in [-0.1, -0.05) is 45.1 Å². The average Bonchev–Trinajstić information content (AvgIpc) is 2.03. The number of hydrogen-bond acceptors (Lipinski definition) is 0. The average molecular weight is 150 g/mol. The van der Waals surface area contributed by atoms with Crippen LogP contribution in [0.15, 0.2) is 0 Å². The number of hydrogen-bond donors (Lipinski definition) is 0. The maximum Gasteiger partial charge on any atom is 0.140 e. The molecule has 0 aromatic carbocycles. The quantitative estimate of drug-likeness (QED) is 0.503. The Hall–Kier alpha value is 0.0649. The molecule has 2 atom stereocenters. The summed E-state index contributed by atoms with van der Waals surface area (Å²) in [4.78, 5) is 0. The van der Waals surface area contributed by atoms with Crippen LogP contribution in [0.5, 0.6) is 0 Å². The minimum Gasteiger partial charge on any atom is -0.0770 e. The zero-order valence-corrected chi connectivity index (χ0v) is 7.68. The van der Waals surface area contributed by atoms with E-state index in [4.69, 9.17) is 0 Å². The molecule has 0 unspecified atom stereocenters. The zero-order valence-electron chi connectivity index (χ0n) is 7.68. The molecule has 0 aromatic heterocycles. The molecule has 1 aliphatic heterocycles. The summed E-state index contributed by atoms with van der Waals surface area (Å²) in [5, 5.41) is 0. The van der Waals surface area contributed by atoms with Gasteiger partial charge in [0, 0.05) is 0 Å². The maximum atomic E-state index is 2.37. The summed E-state index contributed by atoms with van der Waals surface area (Å²) in [5.41, 5.74) is 0. The predicted octanol–water partition coefficient (Wildman–Crippen LogP) is 3.32. The van der Waals surface area contributed by atoms with Gasteiger partial charge in [0.05, 0.1) is 0 Å². The summed E-state index contributed by atoms with van der Waals surface area (Å²) >= 11 is 0. The Morgan fingerprint density at radius 2 is 1.82 bits per heavy atom. The van der Waals surface area contributed by atoms with Gasteiger partial charge in [0.2, 0.25) is 0 Å². The van der Waals surface area contributed by atoms with E-state index in [-0.39, 0.29) is 0 Å². The van der Waals surface area contributed by atoms with E-state index in [1.54, 1.807) is 31.9 Å². The van der Waals surface area contributed by atoms with Gasteiger partial charge < -0.3 is 0 Å². The standard InChI is InChI=1S/C10H19B/c1-2-11-7-9-4-3-5-10(6-9)8-11/h9-10H,2-8H2,1H3/t9-,10+. The van der Waals surface area contributed by atoms with Crippen molar-refractivity contribution in [2.45, 2.75) is 51.6 Å². The van der Waals surface area contributed by atoms with Gasteiger partial charge in [0.1, 0.15) is 6.71 Å². The van der Waals surface area contributed by atoms with Crippen LogP contribution in [0.1, 0.15) is 32.6 Å². The second kappa shape index (κ2) is 3.20. The SMILES string of the molecule is CCB1C[C@H]2CCC[C@@H](C1)C2. The first-order valence-corrected chi connectivity index (χ1v) is 5.38. The third kappa shape index (κ3) is 1.63. The second-order valence-corrected chi connectivity index (χ2v) is 4.64.